The molecule has 0 bridgehead atoms. The Hall–Kier alpha value is -1.92. The number of carbonyl (C=O) groups is 1. The summed E-state index contributed by atoms with van der Waals surface area (Å²) in [4.78, 5) is 11.8. The van der Waals surface area contributed by atoms with Gasteiger partial charge in [0, 0.05) is 18.7 Å². The van der Waals surface area contributed by atoms with Crippen molar-refractivity contribution in [2.45, 2.75) is 24.0 Å². The molecule has 1 aliphatic rings. The van der Waals surface area contributed by atoms with E-state index in [0.29, 0.717) is 12.3 Å². The van der Waals surface area contributed by atoms with Gasteiger partial charge in [-0.05, 0) is 25.0 Å². The molecule has 1 aliphatic heterocycles. The third-order valence-electron chi connectivity index (χ3n) is 3.61. The Morgan fingerprint density at radius 3 is 2.78 bits per heavy atom. The Labute approximate surface area is 139 Å². The van der Waals surface area contributed by atoms with Gasteiger partial charge in [-0.2, -0.15) is 0 Å². The molecule has 3 rings (SSSR count). The van der Waals surface area contributed by atoms with Crippen molar-refractivity contribution in [3.05, 3.63) is 42.5 Å². The molecule has 1 atom stereocenters. The SMILES string of the molecule is O=C(CSc1ccc(-c2ccccc2)nn1)NC[C@H]1CCCO1. The first-order valence-corrected chi connectivity index (χ1v) is 8.70. The number of benzene rings is 1. The molecule has 23 heavy (non-hydrogen) atoms. The van der Waals surface area contributed by atoms with E-state index in [9.17, 15) is 4.79 Å². The summed E-state index contributed by atoms with van der Waals surface area (Å²) in [6.45, 7) is 1.40. The molecule has 0 aliphatic carbocycles. The van der Waals surface area contributed by atoms with E-state index < -0.39 is 0 Å². The summed E-state index contributed by atoms with van der Waals surface area (Å²) >= 11 is 1.39. The molecule has 1 saturated heterocycles. The van der Waals surface area contributed by atoms with Crippen LogP contribution in [0.4, 0.5) is 0 Å². The molecule has 0 unspecified atom stereocenters. The second-order valence-corrected chi connectivity index (χ2v) is 6.35. The van der Waals surface area contributed by atoms with Crippen LogP contribution >= 0.6 is 11.8 Å². The minimum absolute atomic E-state index is 0.000522. The van der Waals surface area contributed by atoms with Crippen LogP contribution in [0.3, 0.4) is 0 Å². The Bertz CT molecular complexity index is 628. The summed E-state index contributed by atoms with van der Waals surface area (Å²) in [7, 11) is 0. The van der Waals surface area contributed by atoms with Crippen molar-refractivity contribution >= 4 is 17.7 Å². The number of thioether (sulfide) groups is 1. The van der Waals surface area contributed by atoms with E-state index in [1.165, 1.54) is 11.8 Å². The second kappa shape index (κ2) is 8.08. The van der Waals surface area contributed by atoms with Gasteiger partial charge in [0.1, 0.15) is 5.03 Å². The Morgan fingerprint density at radius 2 is 2.09 bits per heavy atom. The monoisotopic (exact) mass is 329 g/mol. The van der Waals surface area contributed by atoms with Gasteiger partial charge in [0.25, 0.3) is 0 Å². The minimum atomic E-state index is -0.000522. The first kappa shape index (κ1) is 16.0. The third kappa shape index (κ3) is 4.77. The number of hydrogen-bond acceptors (Lipinski definition) is 5. The molecule has 0 saturated carbocycles. The molecule has 1 fully saturated rings. The Kier molecular flexibility index (Phi) is 5.60. The molecule has 1 aromatic heterocycles. The van der Waals surface area contributed by atoms with E-state index in [1.807, 2.05) is 42.5 Å². The van der Waals surface area contributed by atoms with E-state index in [2.05, 4.69) is 15.5 Å². The van der Waals surface area contributed by atoms with Gasteiger partial charge in [-0.1, -0.05) is 42.1 Å². The van der Waals surface area contributed by atoms with Crippen LogP contribution in [-0.2, 0) is 9.53 Å². The molecule has 2 heterocycles. The average Bonchev–Trinajstić information content (AvgIpc) is 3.13. The maximum atomic E-state index is 11.8. The van der Waals surface area contributed by atoms with Crippen molar-refractivity contribution in [1.82, 2.24) is 15.5 Å². The van der Waals surface area contributed by atoms with Crippen LogP contribution in [0.5, 0.6) is 0 Å². The van der Waals surface area contributed by atoms with Crippen molar-refractivity contribution in [2.24, 2.45) is 0 Å². The number of nitrogens with one attached hydrogen (secondary N) is 1. The number of aromatic nitrogens is 2. The van der Waals surface area contributed by atoms with Crippen LogP contribution in [0, 0.1) is 0 Å². The zero-order chi connectivity index (χ0) is 15.9. The lowest BCUT2D eigenvalue weighted by molar-refractivity contribution is -0.119. The zero-order valence-electron chi connectivity index (χ0n) is 12.8. The number of carbonyl (C=O) groups excluding carboxylic acids is 1. The van der Waals surface area contributed by atoms with E-state index in [1.54, 1.807) is 0 Å². The number of nitrogens with zero attached hydrogens (tertiary/aromatic N) is 2. The predicted octanol–water partition coefficient (Wildman–Crippen LogP) is 2.53. The van der Waals surface area contributed by atoms with Gasteiger partial charge in [-0.25, -0.2) is 0 Å². The summed E-state index contributed by atoms with van der Waals surface area (Å²) in [5.41, 5.74) is 1.86. The smallest absolute Gasteiger partial charge is 0.230 e. The quantitative estimate of drug-likeness (QED) is 0.825. The second-order valence-electron chi connectivity index (χ2n) is 5.35. The largest absolute Gasteiger partial charge is 0.376 e. The summed E-state index contributed by atoms with van der Waals surface area (Å²) in [6, 6.07) is 13.7. The molecular formula is C17H19N3O2S. The van der Waals surface area contributed by atoms with Crippen LogP contribution in [-0.4, -0.2) is 41.1 Å². The number of hydrogen-bond donors (Lipinski definition) is 1. The predicted molar refractivity (Wildman–Crippen MR) is 90.2 cm³/mol. The van der Waals surface area contributed by atoms with Crippen LogP contribution < -0.4 is 5.32 Å². The Morgan fingerprint density at radius 1 is 1.22 bits per heavy atom. The van der Waals surface area contributed by atoms with E-state index >= 15 is 0 Å². The molecule has 0 spiro atoms. The number of ether oxygens (including phenoxy) is 1. The third-order valence-corrected chi connectivity index (χ3v) is 4.53. The molecular weight excluding hydrogens is 310 g/mol. The summed E-state index contributed by atoms with van der Waals surface area (Å²) in [6.07, 6.45) is 2.28. The number of rotatable bonds is 6. The first-order valence-electron chi connectivity index (χ1n) is 7.71. The van der Waals surface area contributed by atoms with Crippen LogP contribution in [0.15, 0.2) is 47.5 Å². The van der Waals surface area contributed by atoms with E-state index in [4.69, 9.17) is 4.74 Å². The standard InChI is InChI=1S/C17H19N3O2S/c21-16(18-11-14-7-4-10-22-14)12-23-17-9-8-15(19-20-17)13-5-2-1-3-6-13/h1-3,5-6,8-9,14H,4,7,10-12H2,(H,18,21)/t14-/m1/s1. The van der Waals surface area contributed by atoms with Gasteiger partial charge in [-0.15, -0.1) is 10.2 Å². The maximum absolute atomic E-state index is 11.8. The van der Waals surface area contributed by atoms with E-state index in [-0.39, 0.29) is 12.0 Å². The molecule has 5 nitrogen and oxygen atoms in total. The van der Waals surface area contributed by atoms with Crippen molar-refractivity contribution in [2.75, 3.05) is 18.9 Å². The lowest BCUT2D eigenvalue weighted by atomic mass is 10.1. The van der Waals surface area contributed by atoms with Crippen LogP contribution in [0.2, 0.25) is 0 Å². The van der Waals surface area contributed by atoms with Gasteiger partial charge in [0.15, 0.2) is 0 Å². The van der Waals surface area contributed by atoms with Gasteiger partial charge < -0.3 is 10.1 Å². The van der Waals surface area contributed by atoms with Crippen LogP contribution in [0.1, 0.15) is 12.8 Å². The van der Waals surface area contributed by atoms with Gasteiger partial charge in [-0.3, -0.25) is 4.79 Å². The lowest BCUT2D eigenvalue weighted by Crippen LogP contribution is -2.32. The lowest BCUT2D eigenvalue weighted by Gasteiger charge is -2.10. The van der Waals surface area contributed by atoms with Crippen LogP contribution in [0.25, 0.3) is 11.3 Å². The minimum Gasteiger partial charge on any atom is -0.376 e. The van der Waals surface area contributed by atoms with Crippen molar-refractivity contribution < 1.29 is 9.53 Å². The fourth-order valence-corrected chi connectivity index (χ4v) is 3.03. The topological polar surface area (TPSA) is 64.1 Å². The molecule has 2 aromatic rings. The fraction of sp³-hybridized carbons (Fsp3) is 0.353. The molecule has 1 N–H and O–H groups in total. The normalized spacial score (nSPS) is 17.1. The van der Waals surface area contributed by atoms with Crippen molar-refractivity contribution in [3.8, 4) is 11.3 Å². The summed E-state index contributed by atoms with van der Waals surface area (Å²) in [5, 5.41) is 12.0. The number of amides is 1. The summed E-state index contributed by atoms with van der Waals surface area (Å²) < 4.78 is 5.48. The van der Waals surface area contributed by atoms with Gasteiger partial charge >= 0.3 is 0 Å². The molecule has 120 valence electrons. The highest BCUT2D eigenvalue weighted by molar-refractivity contribution is 7.99. The molecule has 6 heteroatoms. The summed E-state index contributed by atoms with van der Waals surface area (Å²) in [5.74, 6) is 0.339. The Balaban J connectivity index is 1.45. The zero-order valence-corrected chi connectivity index (χ0v) is 13.6. The highest BCUT2D eigenvalue weighted by Gasteiger charge is 2.16. The highest BCUT2D eigenvalue weighted by atomic mass is 32.2. The highest BCUT2D eigenvalue weighted by Crippen LogP contribution is 2.19. The van der Waals surface area contributed by atoms with E-state index in [0.717, 1.165) is 35.7 Å². The van der Waals surface area contributed by atoms with Crippen molar-refractivity contribution in [3.63, 3.8) is 0 Å². The van der Waals surface area contributed by atoms with Crippen molar-refractivity contribution in [1.29, 1.82) is 0 Å². The first-order chi connectivity index (χ1) is 11.3. The average molecular weight is 329 g/mol. The molecule has 0 radical (unpaired) electrons. The maximum Gasteiger partial charge on any atom is 0.230 e. The van der Waals surface area contributed by atoms with Gasteiger partial charge in [0.05, 0.1) is 17.6 Å². The molecule has 1 aromatic carbocycles. The fourth-order valence-electron chi connectivity index (χ4n) is 2.38. The molecule has 1 amide bonds. The van der Waals surface area contributed by atoms with Gasteiger partial charge in [0.2, 0.25) is 5.91 Å².